The SMILES string of the molecule is CCOC(=O)[C@@]1(Cl)CCC[C@H]1Nn1c(C(C)C)nc2ccccc2c1=O. The van der Waals surface area contributed by atoms with E-state index in [-0.39, 0.29) is 18.1 Å². The number of nitrogens with one attached hydrogen (secondary N) is 1. The van der Waals surface area contributed by atoms with Crippen molar-refractivity contribution in [3.8, 4) is 0 Å². The number of hydrogen-bond donors (Lipinski definition) is 1. The molecule has 0 amide bonds. The van der Waals surface area contributed by atoms with Crippen LogP contribution >= 0.6 is 11.6 Å². The van der Waals surface area contributed by atoms with Crippen LogP contribution in [-0.4, -0.2) is 33.2 Å². The number of fused-ring (bicyclic) bond motifs is 1. The normalized spacial score (nSPS) is 22.7. The van der Waals surface area contributed by atoms with Crippen LogP contribution in [0.4, 0.5) is 0 Å². The third kappa shape index (κ3) is 3.18. The summed E-state index contributed by atoms with van der Waals surface area (Å²) < 4.78 is 6.62. The Morgan fingerprint density at radius 2 is 2.19 bits per heavy atom. The van der Waals surface area contributed by atoms with E-state index < -0.39 is 16.9 Å². The number of para-hydroxylation sites is 1. The van der Waals surface area contributed by atoms with E-state index in [9.17, 15) is 9.59 Å². The smallest absolute Gasteiger partial charge is 0.329 e. The quantitative estimate of drug-likeness (QED) is 0.640. The van der Waals surface area contributed by atoms with Crippen molar-refractivity contribution in [2.45, 2.75) is 56.9 Å². The molecule has 0 saturated heterocycles. The van der Waals surface area contributed by atoms with Gasteiger partial charge >= 0.3 is 5.97 Å². The average Bonchev–Trinajstić information content (AvgIpc) is 2.99. The molecule has 7 heteroatoms. The summed E-state index contributed by atoms with van der Waals surface area (Å²) in [7, 11) is 0. The number of halogens is 1. The van der Waals surface area contributed by atoms with Crippen molar-refractivity contribution >= 4 is 28.5 Å². The monoisotopic (exact) mass is 377 g/mol. The van der Waals surface area contributed by atoms with Gasteiger partial charge in [-0.1, -0.05) is 26.0 Å². The summed E-state index contributed by atoms with van der Waals surface area (Å²) in [5.74, 6) is 0.196. The van der Waals surface area contributed by atoms with E-state index in [0.29, 0.717) is 29.6 Å². The van der Waals surface area contributed by atoms with Crippen molar-refractivity contribution in [3.05, 3.63) is 40.4 Å². The Balaban J connectivity index is 2.05. The maximum Gasteiger partial charge on any atom is 0.329 e. The lowest BCUT2D eigenvalue weighted by Gasteiger charge is -2.30. The molecule has 6 nitrogen and oxygen atoms in total. The summed E-state index contributed by atoms with van der Waals surface area (Å²) in [5, 5.41) is 0.527. The molecule has 0 aliphatic heterocycles. The average molecular weight is 378 g/mol. The minimum Gasteiger partial charge on any atom is -0.465 e. The van der Waals surface area contributed by atoms with Crippen molar-refractivity contribution in [1.29, 1.82) is 0 Å². The zero-order valence-electron chi connectivity index (χ0n) is 15.3. The van der Waals surface area contributed by atoms with E-state index >= 15 is 0 Å². The van der Waals surface area contributed by atoms with Gasteiger partial charge in [0.25, 0.3) is 5.56 Å². The Kier molecular flexibility index (Phi) is 5.23. The highest BCUT2D eigenvalue weighted by Gasteiger charge is 2.49. The molecule has 1 N–H and O–H groups in total. The highest BCUT2D eigenvalue weighted by Crippen LogP contribution is 2.38. The van der Waals surface area contributed by atoms with Crippen LogP contribution in [0.15, 0.2) is 29.1 Å². The molecule has 2 aromatic rings. The third-order valence-corrected chi connectivity index (χ3v) is 5.41. The van der Waals surface area contributed by atoms with Gasteiger partial charge in [-0.05, 0) is 38.3 Å². The topological polar surface area (TPSA) is 73.2 Å². The molecule has 26 heavy (non-hydrogen) atoms. The van der Waals surface area contributed by atoms with Crippen LogP contribution in [-0.2, 0) is 9.53 Å². The second kappa shape index (κ2) is 7.27. The molecule has 1 heterocycles. The Bertz CT molecular complexity index is 880. The lowest BCUT2D eigenvalue weighted by atomic mass is 10.0. The Hall–Kier alpha value is -2.08. The van der Waals surface area contributed by atoms with Crippen molar-refractivity contribution in [2.24, 2.45) is 0 Å². The standard InChI is InChI=1S/C19H24ClN3O3/c1-4-26-18(25)19(20)11-7-10-15(19)22-23-16(12(2)3)21-14-9-6-5-8-13(14)17(23)24/h5-6,8-9,12,15,22H,4,7,10-11H2,1-3H3/t15-,19-/m1/s1. The molecule has 3 rings (SSSR count). The van der Waals surface area contributed by atoms with E-state index in [1.807, 2.05) is 32.0 Å². The highest BCUT2D eigenvalue weighted by molar-refractivity contribution is 6.35. The van der Waals surface area contributed by atoms with Crippen LogP contribution in [0.2, 0.25) is 0 Å². The number of rotatable bonds is 5. The van der Waals surface area contributed by atoms with E-state index in [1.54, 1.807) is 13.0 Å². The molecule has 0 unspecified atom stereocenters. The maximum atomic E-state index is 13.0. The van der Waals surface area contributed by atoms with Crippen LogP contribution in [0, 0.1) is 0 Å². The van der Waals surface area contributed by atoms with Gasteiger partial charge in [0, 0.05) is 5.92 Å². The number of aromatic nitrogens is 2. The van der Waals surface area contributed by atoms with Crippen molar-refractivity contribution in [1.82, 2.24) is 9.66 Å². The molecular formula is C19H24ClN3O3. The van der Waals surface area contributed by atoms with Crippen LogP contribution < -0.4 is 11.0 Å². The van der Waals surface area contributed by atoms with Gasteiger partial charge in [0.1, 0.15) is 5.82 Å². The van der Waals surface area contributed by atoms with E-state index in [0.717, 1.165) is 6.42 Å². The predicted molar refractivity (Wildman–Crippen MR) is 102 cm³/mol. The number of benzene rings is 1. The number of carbonyl (C=O) groups is 1. The van der Waals surface area contributed by atoms with Gasteiger partial charge in [-0.15, -0.1) is 11.6 Å². The summed E-state index contributed by atoms with van der Waals surface area (Å²) in [6, 6.07) is 6.85. The van der Waals surface area contributed by atoms with Crippen LogP contribution in [0.1, 0.15) is 51.8 Å². The van der Waals surface area contributed by atoms with Gasteiger partial charge in [-0.25, -0.2) is 9.66 Å². The fraction of sp³-hybridized carbons (Fsp3) is 0.526. The van der Waals surface area contributed by atoms with Gasteiger partial charge in [0.2, 0.25) is 0 Å². The number of hydrogen-bond acceptors (Lipinski definition) is 5. The van der Waals surface area contributed by atoms with Crippen LogP contribution in [0.25, 0.3) is 10.9 Å². The lowest BCUT2D eigenvalue weighted by molar-refractivity contribution is -0.146. The number of esters is 1. The van der Waals surface area contributed by atoms with Gasteiger partial charge in [-0.3, -0.25) is 9.59 Å². The minimum absolute atomic E-state index is 0.0218. The van der Waals surface area contributed by atoms with Crippen molar-refractivity contribution in [2.75, 3.05) is 12.0 Å². The molecule has 1 saturated carbocycles. The zero-order chi connectivity index (χ0) is 18.9. The largest absolute Gasteiger partial charge is 0.465 e. The summed E-state index contributed by atoms with van der Waals surface area (Å²) in [6.45, 7) is 5.98. The number of ether oxygens (including phenoxy) is 1. The lowest BCUT2D eigenvalue weighted by Crippen LogP contribution is -2.50. The summed E-state index contributed by atoms with van der Waals surface area (Å²) in [4.78, 5) is 28.9. The summed E-state index contributed by atoms with van der Waals surface area (Å²) in [6.07, 6.45) is 1.98. The number of nitrogens with zero attached hydrogens (tertiary/aromatic N) is 2. The Morgan fingerprint density at radius 1 is 1.46 bits per heavy atom. The maximum absolute atomic E-state index is 13.0. The molecule has 1 aliphatic carbocycles. The van der Waals surface area contributed by atoms with Crippen molar-refractivity contribution < 1.29 is 9.53 Å². The number of alkyl halides is 1. The Morgan fingerprint density at radius 3 is 2.88 bits per heavy atom. The first-order chi connectivity index (χ1) is 12.4. The first kappa shape index (κ1) is 18.7. The highest BCUT2D eigenvalue weighted by atomic mass is 35.5. The molecule has 140 valence electrons. The molecule has 0 spiro atoms. The third-order valence-electron chi connectivity index (χ3n) is 4.80. The molecule has 1 fully saturated rings. The number of carbonyl (C=O) groups excluding carboxylic acids is 1. The second-order valence-corrected chi connectivity index (χ2v) is 7.61. The van der Waals surface area contributed by atoms with Gasteiger partial charge in [0.15, 0.2) is 4.87 Å². The van der Waals surface area contributed by atoms with Gasteiger partial charge in [0.05, 0.1) is 23.6 Å². The van der Waals surface area contributed by atoms with E-state index in [1.165, 1.54) is 4.68 Å². The molecule has 1 aromatic heterocycles. The summed E-state index contributed by atoms with van der Waals surface area (Å²) >= 11 is 6.65. The summed E-state index contributed by atoms with van der Waals surface area (Å²) in [5.41, 5.74) is 3.66. The fourth-order valence-corrected chi connectivity index (χ4v) is 3.79. The van der Waals surface area contributed by atoms with Gasteiger partial charge < -0.3 is 10.2 Å². The first-order valence-electron chi connectivity index (χ1n) is 9.03. The predicted octanol–water partition coefficient (Wildman–Crippen LogP) is 3.16. The zero-order valence-corrected chi connectivity index (χ0v) is 16.0. The van der Waals surface area contributed by atoms with Gasteiger partial charge in [-0.2, -0.15) is 0 Å². The molecular weight excluding hydrogens is 354 g/mol. The van der Waals surface area contributed by atoms with Crippen molar-refractivity contribution in [3.63, 3.8) is 0 Å². The van der Waals surface area contributed by atoms with E-state index in [2.05, 4.69) is 10.4 Å². The molecule has 0 bridgehead atoms. The minimum atomic E-state index is -1.17. The molecule has 0 radical (unpaired) electrons. The molecule has 2 atom stereocenters. The van der Waals surface area contributed by atoms with Crippen LogP contribution in [0.3, 0.4) is 0 Å². The molecule has 1 aromatic carbocycles. The molecule has 1 aliphatic rings. The van der Waals surface area contributed by atoms with E-state index in [4.69, 9.17) is 16.3 Å². The fourth-order valence-electron chi connectivity index (χ4n) is 3.45. The second-order valence-electron chi connectivity index (χ2n) is 6.94. The Labute approximate surface area is 157 Å². The first-order valence-corrected chi connectivity index (χ1v) is 9.40. The van der Waals surface area contributed by atoms with Crippen LogP contribution in [0.5, 0.6) is 0 Å².